The van der Waals surface area contributed by atoms with Gasteiger partial charge in [-0.1, -0.05) is 27.2 Å². The van der Waals surface area contributed by atoms with E-state index in [1.807, 2.05) is 6.92 Å². The molecule has 0 spiro atoms. The summed E-state index contributed by atoms with van der Waals surface area (Å²) in [5.41, 5.74) is -0.710. The predicted octanol–water partition coefficient (Wildman–Crippen LogP) is 2.73. The number of hydrogen-bond acceptors (Lipinski definition) is 3. The van der Waals surface area contributed by atoms with Crippen LogP contribution in [0.15, 0.2) is 0 Å². The number of aliphatic carboxylic acids is 1. The van der Waals surface area contributed by atoms with E-state index in [-0.39, 0.29) is 0 Å². The second-order valence-corrected chi connectivity index (χ2v) is 6.54. The Labute approximate surface area is 123 Å². The molecule has 2 unspecified atom stereocenters. The number of nitrogens with one attached hydrogen (secondary N) is 1. The van der Waals surface area contributed by atoms with Crippen LogP contribution in [-0.4, -0.2) is 47.7 Å². The lowest BCUT2D eigenvalue weighted by Crippen LogP contribution is -2.53. The van der Waals surface area contributed by atoms with Gasteiger partial charge in [0.1, 0.15) is 5.54 Å². The fourth-order valence-corrected chi connectivity index (χ4v) is 2.69. The molecule has 1 aliphatic carbocycles. The molecule has 1 saturated carbocycles. The van der Waals surface area contributed by atoms with E-state index in [2.05, 4.69) is 31.1 Å². The van der Waals surface area contributed by atoms with Crippen LogP contribution in [-0.2, 0) is 4.79 Å². The van der Waals surface area contributed by atoms with Gasteiger partial charge in [0, 0.05) is 12.6 Å². The van der Waals surface area contributed by atoms with Gasteiger partial charge in [0.15, 0.2) is 0 Å². The van der Waals surface area contributed by atoms with Crippen molar-refractivity contribution in [2.24, 2.45) is 5.92 Å². The summed E-state index contributed by atoms with van der Waals surface area (Å²) < 4.78 is 0. The molecule has 0 amide bonds. The zero-order valence-corrected chi connectivity index (χ0v) is 13.6. The monoisotopic (exact) mass is 284 g/mol. The number of rotatable bonds is 11. The third kappa shape index (κ3) is 5.41. The Kier molecular flexibility index (Phi) is 6.96. The minimum absolute atomic E-state index is 0.434. The highest BCUT2D eigenvalue weighted by Crippen LogP contribution is 2.27. The summed E-state index contributed by atoms with van der Waals surface area (Å²) in [6.07, 6.45) is 5.77. The minimum Gasteiger partial charge on any atom is -0.480 e. The van der Waals surface area contributed by atoms with Gasteiger partial charge in [-0.3, -0.25) is 10.1 Å². The number of carboxylic acid groups (broad SMARTS) is 1. The Morgan fingerprint density at radius 1 is 1.45 bits per heavy atom. The molecule has 0 heterocycles. The van der Waals surface area contributed by atoms with Crippen molar-refractivity contribution in [3.8, 4) is 0 Å². The second kappa shape index (κ2) is 7.99. The van der Waals surface area contributed by atoms with Crippen molar-refractivity contribution in [3.05, 3.63) is 0 Å². The van der Waals surface area contributed by atoms with Gasteiger partial charge in [-0.05, 0) is 51.6 Å². The van der Waals surface area contributed by atoms with Gasteiger partial charge in [0.05, 0.1) is 0 Å². The van der Waals surface area contributed by atoms with Crippen LogP contribution < -0.4 is 5.32 Å². The van der Waals surface area contributed by atoms with Crippen molar-refractivity contribution in [2.75, 3.05) is 20.1 Å². The van der Waals surface area contributed by atoms with Crippen molar-refractivity contribution >= 4 is 5.97 Å². The summed E-state index contributed by atoms with van der Waals surface area (Å²) in [5, 5.41) is 12.9. The lowest BCUT2D eigenvalue weighted by Gasteiger charge is -2.31. The molecule has 0 aliphatic heterocycles. The van der Waals surface area contributed by atoms with Crippen molar-refractivity contribution in [1.82, 2.24) is 10.2 Å². The quantitative estimate of drug-likeness (QED) is 0.612. The molecule has 0 aromatic rings. The number of carboxylic acids is 1. The first-order valence-electron chi connectivity index (χ1n) is 8.13. The maximum Gasteiger partial charge on any atom is 0.323 e. The first-order chi connectivity index (χ1) is 9.43. The van der Waals surface area contributed by atoms with Gasteiger partial charge < -0.3 is 10.0 Å². The SMILES string of the molecule is CCC(C)CN(C)CCCC(CC)(NC1CC1)C(=O)O. The third-order valence-corrected chi connectivity index (χ3v) is 4.53. The maximum absolute atomic E-state index is 11.6. The molecule has 4 heteroatoms. The molecular weight excluding hydrogens is 252 g/mol. The molecule has 0 aromatic carbocycles. The van der Waals surface area contributed by atoms with Gasteiger partial charge in [-0.2, -0.15) is 0 Å². The molecule has 0 bridgehead atoms. The van der Waals surface area contributed by atoms with Crippen LogP contribution in [0.25, 0.3) is 0 Å². The molecule has 1 aliphatic rings. The fraction of sp³-hybridized carbons (Fsp3) is 0.938. The zero-order valence-electron chi connectivity index (χ0n) is 13.6. The number of nitrogens with zero attached hydrogens (tertiary/aromatic N) is 1. The Morgan fingerprint density at radius 3 is 2.55 bits per heavy atom. The molecule has 4 nitrogen and oxygen atoms in total. The van der Waals surface area contributed by atoms with E-state index in [1.54, 1.807) is 0 Å². The largest absolute Gasteiger partial charge is 0.480 e. The van der Waals surface area contributed by atoms with Crippen molar-refractivity contribution in [1.29, 1.82) is 0 Å². The summed E-state index contributed by atoms with van der Waals surface area (Å²) in [7, 11) is 2.13. The molecule has 2 N–H and O–H groups in total. The van der Waals surface area contributed by atoms with Gasteiger partial charge >= 0.3 is 5.97 Å². The second-order valence-electron chi connectivity index (χ2n) is 6.54. The zero-order chi connectivity index (χ0) is 15.2. The van der Waals surface area contributed by atoms with Crippen LogP contribution in [0, 0.1) is 5.92 Å². The summed E-state index contributed by atoms with van der Waals surface area (Å²) in [6.45, 7) is 8.53. The normalized spacial score (nSPS) is 19.9. The highest BCUT2D eigenvalue weighted by Gasteiger charge is 2.40. The van der Waals surface area contributed by atoms with Gasteiger partial charge in [-0.15, -0.1) is 0 Å². The molecular formula is C16H32N2O2. The highest BCUT2D eigenvalue weighted by molar-refractivity contribution is 5.78. The van der Waals surface area contributed by atoms with Crippen molar-refractivity contribution in [2.45, 2.75) is 70.9 Å². The number of carbonyl (C=O) groups is 1. The minimum atomic E-state index is -0.710. The average Bonchev–Trinajstić information content (AvgIpc) is 3.20. The average molecular weight is 284 g/mol. The molecule has 1 fully saturated rings. The molecule has 20 heavy (non-hydrogen) atoms. The van der Waals surface area contributed by atoms with E-state index in [0.29, 0.717) is 18.4 Å². The van der Waals surface area contributed by atoms with Crippen LogP contribution in [0.3, 0.4) is 0 Å². The first kappa shape index (κ1) is 17.4. The van der Waals surface area contributed by atoms with Gasteiger partial charge in [-0.25, -0.2) is 0 Å². The summed E-state index contributed by atoms with van der Waals surface area (Å²) in [4.78, 5) is 14.0. The number of hydrogen-bond donors (Lipinski definition) is 2. The Morgan fingerprint density at radius 2 is 2.10 bits per heavy atom. The van der Waals surface area contributed by atoms with Crippen LogP contribution in [0.5, 0.6) is 0 Å². The molecule has 1 rings (SSSR count). The Balaban J connectivity index is 2.39. The van der Waals surface area contributed by atoms with E-state index in [0.717, 1.165) is 38.8 Å². The van der Waals surface area contributed by atoms with Crippen LogP contribution in [0.1, 0.15) is 59.3 Å². The molecule has 0 aromatic heterocycles. The molecule has 118 valence electrons. The van der Waals surface area contributed by atoms with E-state index < -0.39 is 11.5 Å². The smallest absolute Gasteiger partial charge is 0.323 e. The van der Waals surface area contributed by atoms with Crippen molar-refractivity contribution in [3.63, 3.8) is 0 Å². The van der Waals surface area contributed by atoms with Crippen LogP contribution in [0.2, 0.25) is 0 Å². The van der Waals surface area contributed by atoms with Crippen LogP contribution in [0.4, 0.5) is 0 Å². The third-order valence-electron chi connectivity index (χ3n) is 4.53. The fourth-order valence-electron chi connectivity index (χ4n) is 2.69. The predicted molar refractivity (Wildman–Crippen MR) is 83.0 cm³/mol. The summed E-state index contributed by atoms with van der Waals surface area (Å²) in [6, 6.07) is 0.434. The topological polar surface area (TPSA) is 52.6 Å². The first-order valence-corrected chi connectivity index (χ1v) is 8.13. The summed E-state index contributed by atoms with van der Waals surface area (Å²) in [5.74, 6) is 0.0245. The van der Waals surface area contributed by atoms with E-state index >= 15 is 0 Å². The lowest BCUT2D eigenvalue weighted by molar-refractivity contribution is -0.145. The van der Waals surface area contributed by atoms with E-state index in [1.165, 1.54) is 6.42 Å². The van der Waals surface area contributed by atoms with Gasteiger partial charge in [0.2, 0.25) is 0 Å². The lowest BCUT2D eigenvalue weighted by atomic mass is 9.90. The molecule has 0 saturated heterocycles. The van der Waals surface area contributed by atoms with Crippen LogP contribution >= 0.6 is 0 Å². The van der Waals surface area contributed by atoms with E-state index in [9.17, 15) is 9.90 Å². The molecule has 0 radical (unpaired) electrons. The molecule has 2 atom stereocenters. The summed E-state index contributed by atoms with van der Waals surface area (Å²) >= 11 is 0. The Hall–Kier alpha value is -0.610. The highest BCUT2D eigenvalue weighted by atomic mass is 16.4. The van der Waals surface area contributed by atoms with Gasteiger partial charge in [0.25, 0.3) is 0 Å². The van der Waals surface area contributed by atoms with E-state index in [4.69, 9.17) is 0 Å². The Bertz CT molecular complexity index is 305. The van der Waals surface area contributed by atoms with Crippen molar-refractivity contribution < 1.29 is 9.90 Å². The standard InChI is InChI=1S/C16H32N2O2/c1-5-13(3)12-18(4)11-7-10-16(6-2,15(19)20)17-14-8-9-14/h13-14,17H,5-12H2,1-4H3,(H,19,20). The maximum atomic E-state index is 11.6.